The fourth-order valence-electron chi connectivity index (χ4n) is 2.30. The number of nitrogens with two attached hydrogens (primary N) is 1. The molecule has 0 aromatic heterocycles. The summed E-state index contributed by atoms with van der Waals surface area (Å²) < 4.78 is 27.9. The van der Waals surface area contributed by atoms with Gasteiger partial charge in [-0.1, -0.05) is 0 Å². The van der Waals surface area contributed by atoms with E-state index in [0.717, 1.165) is 39.3 Å². The Bertz CT molecular complexity index is 588. The maximum absolute atomic E-state index is 11.3. The van der Waals surface area contributed by atoms with E-state index in [1.807, 2.05) is 5.48 Å². The number of ether oxygens (including phenoxy) is 1. The molecule has 8 nitrogen and oxygen atoms in total. The first-order valence-electron chi connectivity index (χ1n) is 7.11. The van der Waals surface area contributed by atoms with Gasteiger partial charge in [0.2, 0.25) is 10.0 Å². The topological polar surface area (TPSA) is 117 Å². The van der Waals surface area contributed by atoms with Gasteiger partial charge in [-0.25, -0.2) is 13.6 Å². The van der Waals surface area contributed by atoms with Crippen LogP contribution in [0.2, 0.25) is 0 Å². The Balaban J connectivity index is 1.86. The van der Waals surface area contributed by atoms with Crippen LogP contribution in [0.4, 0.5) is 11.4 Å². The number of primary sulfonamides is 1. The zero-order valence-electron chi connectivity index (χ0n) is 12.3. The molecule has 9 heteroatoms. The molecular weight excluding hydrogens is 308 g/mol. The third-order valence-electron chi connectivity index (χ3n) is 3.51. The highest BCUT2D eigenvalue weighted by Gasteiger charge is 2.12. The molecule has 0 bridgehead atoms. The summed E-state index contributed by atoms with van der Waals surface area (Å²) in [5.41, 5.74) is 2.89. The number of hydrogen-bond acceptors (Lipinski definition) is 7. The minimum absolute atomic E-state index is 0.0529. The van der Waals surface area contributed by atoms with Crippen molar-refractivity contribution < 1.29 is 18.4 Å². The third kappa shape index (κ3) is 4.82. The fourth-order valence-corrected chi connectivity index (χ4v) is 2.84. The van der Waals surface area contributed by atoms with E-state index in [-0.39, 0.29) is 10.6 Å². The van der Waals surface area contributed by atoms with E-state index in [4.69, 9.17) is 15.1 Å². The first-order valence-corrected chi connectivity index (χ1v) is 8.66. The van der Waals surface area contributed by atoms with Crippen molar-refractivity contribution in [2.45, 2.75) is 11.3 Å². The molecule has 0 radical (unpaired) electrons. The second kappa shape index (κ2) is 7.75. The Hall–Kier alpha value is -1.39. The standard InChI is InChI=1S/C13H22N4O4S/c14-22(19,20)11-2-3-12(13(10-11)16-18)15-4-1-5-17-6-8-21-9-7-17/h2-3,10,15-16,18H,1,4-9H2,(H2,14,19,20). The van der Waals surface area contributed by atoms with Crippen LogP contribution in [0.3, 0.4) is 0 Å². The van der Waals surface area contributed by atoms with Crippen LogP contribution in [-0.2, 0) is 14.8 Å². The quantitative estimate of drug-likeness (QED) is 0.419. The Morgan fingerprint density at radius 1 is 1.27 bits per heavy atom. The first kappa shape index (κ1) is 17.0. The van der Waals surface area contributed by atoms with Crippen molar-refractivity contribution in [1.29, 1.82) is 0 Å². The van der Waals surface area contributed by atoms with Crippen molar-refractivity contribution in [3.8, 4) is 0 Å². The fraction of sp³-hybridized carbons (Fsp3) is 0.538. The highest BCUT2D eigenvalue weighted by Crippen LogP contribution is 2.24. The number of sulfonamides is 1. The van der Waals surface area contributed by atoms with Crippen molar-refractivity contribution in [3.05, 3.63) is 18.2 Å². The molecule has 1 aliphatic heterocycles. The van der Waals surface area contributed by atoms with E-state index in [9.17, 15) is 8.42 Å². The molecule has 0 saturated carbocycles. The van der Waals surface area contributed by atoms with E-state index in [0.29, 0.717) is 12.2 Å². The lowest BCUT2D eigenvalue weighted by Gasteiger charge is -2.26. The zero-order valence-corrected chi connectivity index (χ0v) is 13.1. The predicted molar refractivity (Wildman–Crippen MR) is 83.6 cm³/mol. The lowest BCUT2D eigenvalue weighted by Crippen LogP contribution is -2.37. The number of nitrogens with zero attached hydrogens (tertiary/aromatic N) is 1. The molecule has 0 spiro atoms. The SMILES string of the molecule is NS(=O)(=O)c1ccc(NCCCN2CCOCC2)c(NO)c1. The van der Waals surface area contributed by atoms with Crippen molar-refractivity contribution in [1.82, 2.24) is 4.90 Å². The van der Waals surface area contributed by atoms with Crippen LogP contribution in [-0.4, -0.2) is 57.9 Å². The van der Waals surface area contributed by atoms with Crippen LogP contribution in [0.25, 0.3) is 0 Å². The Labute approximate surface area is 130 Å². The molecule has 0 aliphatic carbocycles. The zero-order chi connectivity index (χ0) is 16.0. The summed E-state index contributed by atoms with van der Waals surface area (Å²) >= 11 is 0. The van der Waals surface area contributed by atoms with Crippen LogP contribution >= 0.6 is 0 Å². The minimum atomic E-state index is -3.79. The maximum Gasteiger partial charge on any atom is 0.238 e. The number of nitrogens with one attached hydrogen (secondary N) is 2. The van der Waals surface area contributed by atoms with Gasteiger partial charge in [0.05, 0.1) is 29.5 Å². The number of morpholine rings is 1. The predicted octanol–water partition coefficient (Wildman–Crippen LogP) is 0.269. The largest absolute Gasteiger partial charge is 0.383 e. The summed E-state index contributed by atoms with van der Waals surface area (Å²) in [6, 6.07) is 4.27. The third-order valence-corrected chi connectivity index (χ3v) is 4.42. The molecule has 124 valence electrons. The molecule has 0 unspecified atom stereocenters. The smallest absolute Gasteiger partial charge is 0.238 e. The lowest BCUT2D eigenvalue weighted by atomic mass is 10.2. The van der Waals surface area contributed by atoms with E-state index in [1.165, 1.54) is 12.1 Å². The van der Waals surface area contributed by atoms with E-state index in [1.54, 1.807) is 6.07 Å². The Kier molecular flexibility index (Phi) is 5.98. The maximum atomic E-state index is 11.3. The second-order valence-electron chi connectivity index (χ2n) is 5.10. The average molecular weight is 330 g/mol. The normalized spacial score (nSPS) is 16.5. The van der Waals surface area contributed by atoms with Gasteiger partial charge in [0.1, 0.15) is 0 Å². The average Bonchev–Trinajstić information content (AvgIpc) is 2.51. The Morgan fingerprint density at radius 3 is 2.64 bits per heavy atom. The molecule has 1 aromatic carbocycles. The van der Waals surface area contributed by atoms with Crippen LogP contribution < -0.4 is 15.9 Å². The van der Waals surface area contributed by atoms with E-state index < -0.39 is 10.0 Å². The van der Waals surface area contributed by atoms with Crippen LogP contribution in [0, 0.1) is 0 Å². The molecule has 2 rings (SSSR count). The summed E-state index contributed by atoms with van der Waals surface area (Å²) in [7, 11) is -3.79. The first-order chi connectivity index (χ1) is 10.5. The summed E-state index contributed by atoms with van der Waals surface area (Å²) in [4.78, 5) is 2.28. The summed E-state index contributed by atoms with van der Waals surface area (Å²) in [6.45, 7) is 5.13. The number of benzene rings is 1. The van der Waals surface area contributed by atoms with Crippen molar-refractivity contribution in [3.63, 3.8) is 0 Å². The minimum Gasteiger partial charge on any atom is -0.383 e. The van der Waals surface area contributed by atoms with Gasteiger partial charge in [-0.3, -0.25) is 15.6 Å². The molecular formula is C13H22N4O4S. The molecule has 0 amide bonds. The van der Waals surface area contributed by atoms with Gasteiger partial charge in [0.25, 0.3) is 0 Å². The van der Waals surface area contributed by atoms with Gasteiger partial charge in [-0.2, -0.15) is 0 Å². The van der Waals surface area contributed by atoms with Gasteiger partial charge >= 0.3 is 0 Å². The highest BCUT2D eigenvalue weighted by molar-refractivity contribution is 7.89. The van der Waals surface area contributed by atoms with Crippen LogP contribution in [0.5, 0.6) is 0 Å². The summed E-state index contributed by atoms with van der Waals surface area (Å²) in [5.74, 6) is 0. The summed E-state index contributed by atoms with van der Waals surface area (Å²) in [6.07, 6.45) is 0.932. The van der Waals surface area contributed by atoms with Gasteiger partial charge in [0, 0.05) is 19.6 Å². The van der Waals surface area contributed by atoms with Crippen LogP contribution in [0.1, 0.15) is 6.42 Å². The van der Waals surface area contributed by atoms with Crippen molar-refractivity contribution >= 4 is 21.4 Å². The lowest BCUT2D eigenvalue weighted by molar-refractivity contribution is 0.0378. The van der Waals surface area contributed by atoms with E-state index >= 15 is 0 Å². The van der Waals surface area contributed by atoms with Crippen molar-refractivity contribution in [2.24, 2.45) is 5.14 Å². The molecule has 1 aromatic rings. The number of rotatable bonds is 7. The van der Waals surface area contributed by atoms with Gasteiger partial charge in [0.15, 0.2) is 0 Å². The molecule has 5 N–H and O–H groups in total. The number of hydrogen-bond donors (Lipinski definition) is 4. The molecule has 22 heavy (non-hydrogen) atoms. The second-order valence-corrected chi connectivity index (χ2v) is 6.66. The molecule has 1 heterocycles. The Morgan fingerprint density at radius 2 is 2.00 bits per heavy atom. The van der Waals surface area contributed by atoms with Gasteiger partial charge in [-0.05, 0) is 31.2 Å². The number of anilines is 2. The van der Waals surface area contributed by atoms with Crippen molar-refractivity contribution in [2.75, 3.05) is 50.2 Å². The van der Waals surface area contributed by atoms with E-state index in [2.05, 4.69) is 10.2 Å². The van der Waals surface area contributed by atoms with Crippen LogP contribution in [0.15, 0.2) is 23.1 Å². The highest BCUT2D eigenvalue weighted by atomic mass is 32.2. The molecule has 1 saturated heterocycles. The van der Waals surface area contributed by atoms with Gasteiger partial charge in [-0.15, -0.1) is 0 Å². The summed E-state index contributed by atoms with van der Waals surface area (Å²) in [5, 5.41) is 17.3. The molecule has 0 atom stereocenters. The van der Waals surface area contributed by atoms with Gasteiger partial charge < -0.3 is 10.1 Å². The molecule has 1 aliphatic rings. The molecule has 1 fully saturated rings. The monoisotopic (exact) mass is 330 g/mol.